The topological polar surface area (TPSA) is 45.0 Å². The smallest absolute Gasteiger partial charge is 0.161 e. The van der Waals surface area contributed by atoms with E-state index < -0.39 is 0 Å². The first-order valence-electron chi connectivity index (χ1n) is 5.64. The first-order valence-corrected chi connectivity index (χ1v) is 6.81. The first kappa shape index (κ1) is 14.0. The Kier molecular flexibility index (Phi) is 4.22. The lowest BCUT2D eigenvalue weighted by molar-refractivity contribution is 0.476. The molecule has 19 heavy (non-hydrogen) atoms. The van der Waals surface area contributed by atoms with Gasteiger partial charge in [-0.15, -0.1) is 5.11 Å². The monoisotopic (exact) mass is 338 g/mol. The Balaban J connectivity index is 2.35. The van der Waals surface area contributed by atoms with Crippen LogP contribution in [0.5, 0.6) is 5.75 Å². The van der Waals surface area contributed by atoms with Gasteiger partial charge >= 0.3 is 0 Å². The van der Waals surface area contributed by atoms with Crippen molar-refractivity contribution in [2.24, 2.45) is 10.2 Å². The number of hydrogen-bond donors (Lipinski definition) is 1. The molecular weight excluding hydrogens is 328 g/mol. The van der Waals surface area contributed by atoms with Crippen molar-refractivity contribution in [2.45, 2.75) is 13.8 Å². The zero-order chi connectivity index (χ0) is 14.0. The minimum Gasteiger partial charge on any atom is -0.504 e. The van der Waals surface area contributed by atoms with E-state index in [9.17, 15) is 5.11 Å². The molecule has 0 spiro atoms. The number of hydrogen-bond acceptors (Lipinski definition) is 3. The molecule has 0 heterocycles. The third-order valence-electron chi connectivity index (χ3n) is 2.77. The fourth-order valence-corrected chi connectivity index (χ4v) is 2.32. The molecule has 0 atom stereocenters. The molecule has 0 amide bonds. The van der Waals surface area contributed by atoms with Crippen molar-refractivity contribution in [3.05, 3.63) is 51.0 Å². The molecule has 0 radical (unpaired) electrons. The van der Waals surface area contributed by atoms with Crippen molar-refractivity contribution in [1.82, 2.24) is 0 Å². The van der Waals surface area contributed by atoms with E-state index in [1.54, 1.807) is 12.1 Å². The summed E-state index contributed by atoms with van der Waals surface area (Å²) < 4.78 is 0.740. The van der Waals surface area contributed by atoms with E-state index in [0.29, 0.717) is 5.69 Å². The third kappa shape index (κ3) is 3.33. The van der Waals surface area contributed by atoms with Crippen LogP contribution >= 0.6 is 27.5 Å². The Morgan fingerprint density at radius 3 is 2.47 bits per heavy atom. The Morgan fingerprint density at radius 1 is 1.05 bits per heavy atom. The Hall–Kier alpha value is -1.39. The molecule has 0 saturated carbocycles. The maximum Gasteiger partial charge on any atom is 0.161 e. The molecule has 98 valence electrons. The van der Waals surface area contributed by atoms with E-state index in [0.717, 1.165) is 15.7 Å². The highest BCUT2D eigenvalue weighted by Crippen LogP contribution is 2.37. The van der Waals surface area contributed by atoms with E-state index in [4.69, 9.17) is 11.6 Å². The summed E-state index contributed by atoms with van der Waals surface area (Å²) in [4.78, 5) is 0. The van der Waals surface area contributed by atoms with Gasteiger partial charge in [-0.05, 0) is 49.2 Å². The van der Waals surface area contributed by atoms with Gasteiger partial charge in [0.1, 0.15) is 5.69 Å². The number of nitrogens with zero attached hydrogens (tertiary/aromatic N) is 2. The van der Waals surface area contributed by atoms with Crippen molar-refractivity contribution in [3.8, 4) is 5.75 Å². The molecule has 5 heteroatoms. The quantitative estimate of drug-likeness (QED) is 0.686. The fourth-order valence-electron chi connectivity index (χ4n) is 1.53. The number of halogens is 2. The summed E-state index contributed by atoms with van der Waals surface area (Å²) in [6, 6.07) is 9.06. The van der Waals surface area contributed by atoms with Gasteiger partial charge in [-0.25, -0.2) is 0 Å². The summed E-state index contributed by atoms with van der Waals surface area (Å²) in [5, 5.41) is 18.2. The maximum atomic E-state index is 9.79. The van der Waals surface area contributed by atoms with Gasteiger partial charge < -0.3 is 5.11 Å². The molecule has 3 nitrogen and oxygen atoms in total. The average Bonchev–Trinajstić information content (AvgIpc) is 2.36. The van der Waals surface area contributed by atoms with E-state index in [2.05, 4.69) is 26.2 Å². The van der Waals surface area contributed by atoms with Crippen LogP contribution in [0, 0.1) is 13.8 Å². The molecular formula is C14H12BrClN2O. The lowest BCUT2D eigenvalue weighted by Crippen LogP contribution is -1.78. The molecule has 0 aliphatic rings. The molecule has 2 aromatic rings. The highest BCUT2D eigenvalue weighted by atomic mass is 79.9. The van der Waals surface area contributed by atoms with Crippen LogP contribution in [0.15, 0.2) is 45.0 Å². The second-order valence-corrected chi connectivity index (χ2v) is 5.55. The maximum absolute atomic E-state index is 9.79. The molecule has 0 aliphatic carbocycles. The minimum absolute atomic E-state index is 0.0718. The second-order valence-electron chi connectivity index (χ2n) is 4.22. The molecule has 0 saturated heterocycles. The van der Waals surface area contributed by atoms with Crippen molar-refractivity contribution in [2.75, 3.05) is 0 Å². The molecule has 0 fully saturated rings. The largest absolute Gasteiger partial charge is 0.504 e. The van der Waals surface area contributed by atoms with Gasteiger partial charge in [0.15, 0.2) is 5.75 Å². The zero-order valence-corrected chi connectivity index (χ0v) is 12.8. The summed E-state index contributed by atoms with van der Waals surface area (Å²) >= 11 is 9.16. The van der Waals surface area contributed by atoms with Crippen LogP contribution in [0.4, 0.5) is 11.4 Å². The summed E-state index contributed by atoms with van der Waals surface area (Å²) in [5.41, 5.74) is 3.41. The van der Waals surface area contributed by atoms with Gasteiger partial charge in [-0.2, -0.15) is 5.11 Å². The predicted octanol–water partition coefficient (Wildman–Crippen LogP) is 5.84. The molecule has 0 aromatic heterocycles. The van der Waals surface area contributed by atoms with E-state index in [-0.39, 0.29) is 10.8 Å². The molecule has 0 bridgehead atoms. The fraction of sp³-hybridized carbons (Fsp3) is 0.143. The number of rotatable bonds is 2. The van der Waals surface area contributed by atoms with Crippen molar-refractivity contribution in [3.63, 3.8) is 0 Å². The van der Waals surface area contributed by atoms with Crippen molar-refractivity contribution >= 4 is 38.9 Å². The SMILES string of the molecule is Cc1ccc(N=Nc2cc(Br)cc(Cl)c2O)cc1C. The number of azo groups is 1. The number of phenolic OH excluding ortho intramolecular Hbond substituents is 1. The Labute approximate surface area is 125 Å². The summed E-state index contributed by atoms with van der Waals surface area (Å²) in [6.07, 6.45) is 0. The standard InChI is InChI=1S/C14H12BrClN2O/c1-8-3-4-11(5-9(8)2)17-18-13-7-10(15)6-12(16)14(13)19/h3-7,19H,1-2H3. The summed E-state index contributed by atoms with van der Waals surface area (Å²) in [6.45, 7) is 4.05. The third-order valence-corrected chi connectivity index (χ3v) is 3.52. The van der Waals surface area contributed by atoms with Gasteiger partial charge in [0, 0.05) is 4.47 Å². The highest BCUT2D eigenvalue weighted by Gasteiger charge is 2.07. The molecule has 0 aliphatic heterocycles. The van der Waals surface area contributed by atoms with Crippen LogP contribution in [0.3, 0.4) is 0 Å². The van der Waals surface area contributed by atoms with Gasteiger partial charge in [0.05, 0.1) is 10.7 Å². The molecule has 2 rings (SSSR count). The zero-order valence-electron chi connectivity index (χ0n) is 10.5. The van der Waals surface area contributed by atoms with Crippen LogP contribution in [-0.2, 0) is 0 Å². The van der Waals surface area contributed by atoms with Gasteiger partial charge in [-0.1, -0.05) is 33.6 Å². The van der Waals surface area contributed by atoms with Gasteiger partial charge in [0.25, 0.3) is 0 Å². The normalized spacial score (nSPS) is 11.2. The second kappa shape index (κ2) is 5.72. The molecule has 1 N–H and O–H groups in total. The van der Waals surface area contributed by atoms with Crippen LogP contribution in [-0.4, -0.2) is 5.11 Å². The minimum atomic E-state index is -0.0718. The first-order chi connectivity index (χ1) is 8.97. The van der Waals surface area contributed by atoms with E-state index in [1.807, 2.05) is 32.0 Å². The Bertz CT molecular complexity index is 656. The van der Waals surface area contributed by atoms with Crippen LogP contribution in [0.25, 0.3) is 0 Å². The average molecular weight is 340 g/mol. The van der Waals surface area contributed by atoms with E-state index in [1.165, 1.54) is 5.56 Å². The summed E-state index contributed by atoms with van der Waals surface area (Å²) in [5.74, 6) is -0.0718. The van der Waals surface area contributed by atoms with Crippen LogP contribution < -0.4 is 0 Å². The van der Waals surface area contributed by atoms with Gasteiger partial charge in [0.2, 0.25) is 0 Å². The Morgan fingerprint density at radius 2 is 1.79 bits per heavy atom. The molecule has 2 aromatic carbocycles. The number of aryl methyl sites for hydroxylation is 2. The number of aromatic hydroxyl groups is 1. The van der Waals surface area contributed by atoms with Crippen LogP contribution in [0.1, 0.15) is 11.1 Å². The van der Waals surface area contributed by atoms with Crippen molar-refractivity contribution < 1.29 is 5.11 Å². The van der Waals surface area contributed by atoms with Crippen molar-refractivity contribution in [1.29, 1.82) is 0 Å². The van der Waals surface area contributed by atoms with Crippen LogP contribution in [0.2, 0.25) is 5.02 Å². The number of benzene rings is 2. The van der Waals surface area contributed by atoms with E-state index >= 15 is 0 Å². The molecule has 0 unspecified atom stereocenters. The highest BCUT2D eigenvalue weighted by molar-refractivity contribution is 9.10. The lowest BCUT2D eigenvalue weighted by atomic mass is 10.1. The number of phenols is 1. The summed E-state index contributed by atoms with van der Waals surface area (Å²) in [7, 11) is 0. The predicted molar refractivity (Wildman–Crippen MR) is 80.9 cm³/mol. The van der Waals surface area contributed by atoms with Gasteiger partial charge in [-0.3, -0.25) is 0 Å². The lowest BCUT2D eigenvalue weighted by Gasteiger charge is -2.02.